The SMILES string of the molecule is C[C@@H](O)c1cc([N+](=O)[O-])c(N(CC2CC2)CC2CC2)s1. The molecule has 3 rings (SSSR count). The van der Waals surface area contributed by atoms with Gasteiger partial charge in [0, 0.05) is 24.0 Å². The van der Waals surface area contributed by atoms with E-state index in [9.17, 15) is 15.2 Å². The van der Waals surface area contributed by atoms with Crippen LogP contribution in [0.3, 0.4) is 0 Å². The lowest BCUT2D eigenvalue weighted by atomic mass is 10.3. The Hall–Kier alpha value is -1.14. The van der Waals surface area contributed by atoms with Crippen molar-refractivity contribution in [2.24, 2.45) is 11.8 Å². The average Bonchev–Trinajstić information content (AvgIpc) is 3.30. The number of rotatable bonds is 7. The Kier molecular flexibility index (Phi) is 3.69. The van der Waals surface area contributed by atoms with Gasteiger partial charge in [0.1, 0.15) is 0 Å². The maximum absolute atomic E-state index is 11.3. The van der Waals surface area contributed by atoms with Gasteiger partial charge in [0.15, 0.2) is 5.00 Å². The predicted octanol–water partition coefficient (Wildman–Crippen LogP) is 3.34. The molecule has 0 unspecified atom stereocenters. The quantitative estimate of drug-likeness (QED) is 0.619. The smallest absolute Gasteiger partial charge is 0.304 e. The number of nitro groups is 1. The molecule has 0 amide bonds. The molecule has 2 aliphatic rings. The van der Waals surface area contributed by atoms with Gasteiger partial charge in [0.05, 0.1) is 11.0 Å². The minimum Gasteiger partial charge on any atom is -0.388 e. The molecule has 2 saturated carbocycles. The first-order chi connectivity index (χ1) is 9.54. The Morgan fingerprint density at radius 2 is 1.95 bits per heavy atom. The second-order valence-corrected chi connectivity index (χ2v) is 7.13. The van der Waals surface area contributed by atoms with Crippen molar-refractivity contribution in [1.29, 1.82) is 0 Å². The summed E-state index contributed by atoms with van der Waals surface area (Å²) in [6.07, 6.45) is 4.32. The number of hydrogen-bond donors (Lipinski definition) is 1. The summed E-state index contributed by atoms with van der Waals surface area (Å²) >= 11 is 1.38. The summed E-state index contributed by atoms with van der Waals surface area (Å²) in [7, 11) is 0. The zero-order valence-electron chi connectivity index (χ0n) is 11.6. The van der Waals surface area contributed by atoms with Crippen LogP contribution in [0.5, 0.6) is 0 Å². The van der Waals surface area contributed by atoms with E-state index in [1.165, 1.54) is 43.1 Å². The molecule has 1 aromatic rings. The van der Waals surface area contributed by atoms with Crippen molar-refractivity contribution in [3.8, 4) is 0 Å². The average molecular weight is 296 g/mol. The van der Waals surface area contributed by atoms with E-state index in [0.29, 0.717) is 16.7 Å². The topological polar surface area (TPSA) is 66.6 Å². The molecule has 0 spiro atoms. The van der Waals surface area contributed by atoms with Gasteiger partial charge in [-0.15, -0.1) is 11.3 Å². The molecule has 1 heterocycles. The molecule has 20 heavy (non-hydrogen) atoms. The second-order valence-electron chi connectivity index (χ2n) is 6.06. The van der Waals surface area contributed by atoms with Crippen LogP contribution < -0.4 is 4.90 Å². The fraction of sp³-hybridized carbons (Fsp3) is 0.714. The first kappa shape index (κ1) is 13.8. The molecule has 0 bridgehead atoms. The van der Waals surface area contributed by atoms with E-state index in [4.69, 9.17) is 0 Å². The zero-order chi connectivity index (χ0) is 14.3. The third-order valence-electron chi connectivity index (χ3n) is 3.96. The van der Waals surface area contributed by atoms with Crippen molar-refractivity contribution < 1.29 is 10.0 Å². The lowest BCUT2D eigenvalue weighted by molar-refractivity contribution is -0.383. The van der Waals surface area contributed by atoms with Crippen LogP contribution in [-0.4, -0.2) is 23.1 Å². The van der Waals surface area contributed by atoms with E-state index in [2.05, 4.69) is 4.90 Å². The number of hydrogen-bond acceptors (Lipinski definition) is 5. The van der Waals surface area contributed by atoms with Crippen LogP contribution in [-0.2, 0) is 0 Å². The molecule has 110 valence electrons. The molecule has 0 saturated heterocycles. The van der Waals surface area contributed by atoms with Gasteiger partial charge in [-0.2, -0.15) is 0 Å². The van der Waals surface area contributed by atoms with Crippen LogP contribution in [0.4, 0.5) is 10.7 Å². The lowest BCUT2D eigenvalue weighted by Crippen LogP contribution is -2.27. The summed E-state index contributed by atoms with van der Waals surface area (Å²) in [4.78, 5) is 13.8. The van der Waals surface area contributed by atoms with Crippen LogP contribution in [0.25, 0.3) is 0 Å². The van der Waals surface area contributed by atoms with Crippen molar-refractivity contribution in [3.05, 3.63) is 21.1 Å². The van der Waals surface area contributed by atoms with Crippen molar-refractivity contribution in [1.82, 2.24) is 0 Å². The highest BCUT2D eigenvalue weighted by atomic mass is 32.1. The normalized spacial score (nSPS) is 19.9. The third-order valence-corrected chi connectivity index (χ3v) is 5.31. The van der Waals surface area contributed by atoms with Gasteiger partial charge in [0.2, 0.25) is 0 Å². The molecule has 0 aromatic carbocycles. The Morgan fingerprint density at radius 3 is 2.35 bits per heavy atom. The minimum atomic E-state index is -0.642. The fourth-order valence-corrected chi connectivity index (χ4v) is 3.50. The minimum absolute atomic E-state index is 0.159. The maximum atomic E-state index is 11.3. The van der Waals surface area contributed by atoms with Gasteiger partial charge in [-0.1, -0.05) is 0 Å². The van der Waals surface area contributed by atoms with E-state index in [1.807, 2.05) is 0 Å². The van der Waals surface area contributed by atoms with Crippen LogP contribution in [0.2, 0.25) is 0 Å². The summed E-state index contributed by atoms with van der Waals surface area (Å²) < 4.78 is 0. The maximum Gasteiger partial charge on any atom is 0.304 e. The molecule has 1 aromatic heterocycles. The Labute approximate surface area is 122 Å². The van der Waals surface area contributed by atoms with E-state index < -0.39 is 6.10 Å². The van der Waals surface area contributed by atoms with Gasteiger partial charge in [-0.05, 0) is 44.4 Å². The number of aliphatic hydroxyl groups excluding tert-OH is 1. The van der Waals surface area contributed by atoms with Gasteiger partial charge in [0.25, 0.3) is 0 Å². The standard InChI is InChI=1S/C14H20N2O3S/c1-9(17)13-6-12(16(18)19)14(20-13)15(7-10-2-3-10)8-11-4-5-11/h6,9-11,17H,2-5,7-8H2,1H3/t9-/m1/s1. The molecule has 1 N–H and O–H groups in total. The summed E-state index contributed by atoms with van der Waals surface area (Å²) in [6.45, 7) is 3.51. The number of anilines is 1. The highest BCUT2D eigenvalue weighted by Gasteiger charge is 2.33. The molecule has 2 aliphatic carbocycles. The fourth-order valence-electron chi connectivity index (χ4n) is 2.42. The van der Waals surface area contributed by atoms with Crippen molar-refractivity contribution in [2.45, 2.75) is 38.7 Å². The lowest BCUT2D eigenvalue weighted by Gasteiger charge is -2.22. The predicted molar refractivity (Wildman–Crippen MR) is 79.3 cm³/mol. The molecule has 2 fully saturated rings. The van der Waals surface area contributed by atoms with Crippen LogP contribution in [0.1, 0.15) is 43.6 Å². The molecular weight excluding hydrogens is 276 g/mol. The Bertz CT molecular complexity index is 493. The monoisotopic (exact) mass is 296 g/mol. The van der Waals surface area contributed by atoms with Crippen molar-refractivity contribution in [3.63, 3.8) is 0 Å². The van der Waals surface area contributed by atoms with Gasteiger partial charge >= 0.3 is 5.69 Å². The van der Waals surface area contributed by atoms with Crippen molar-refractivity contribution in [2.75, 3.05) is 18.0 Å². The van der Waals surface area contributed by atoms with E-state index in [1.54, 1.807) is 6.92 Å². The van der Waals surface area contributed by atoms with E-state index >= 15 is 0 Å². The molecule has 5 nitrogen and oxygen atoms in total. The molecular formula is C14H20N2O3S. The van der Waals surface area contributed by atoms with Crippen LogP contribution in [0, 0.1) is 22.0 Å². The molecule has 1 atom stereocenters. The van der Waals surface area contributed by atoms with Gasteiger partial charge < -0.3 is 10.0 Å². The first-order valence-corrected chi connectivity index (χ1v) is 8.07. The molecule has 0 aliphatic heterocycles. The van der Waals surface area contributed by atoms with Gasteiger partial charge in [-0.3, -0.25) is 10.1 Å². The largest absolute Gasteiger partial charge is 0.388 e. The van der Waals surface area contributed by atoms with Gasteiger partial charge in [-0.25, -0.2) is 0 Å². The molecule has 6 heteroatoms. The highest BCUT2D eigenvalue weighted by molar-refractivity contribution is 7.16. The summed E-state index contributed by atoms with van der Waals surface area (Å²) in [5.41, 5.74) is 0.159. The second kappa shape index (κ2) is 5.33. The van der Waals surface area contributed by atoms with Crippen molar-refractivity contribution >= 4 is 22.0 Å². The van der Waals surface area contributed by atoms with E-state index in [0.717, 1.165) is 18.1 Å². The summed E-state index contributed by atoms with van der Waals surface area (Å²) in [5, 5.41) is 21.7. The number of nitrogens with zero attached hydrogens (tertiary/aromatic N) is 2. The summed E-state index contributed by atoms with van der Waals surface area (Å²) in [6, 6.07) is 1.54. The van der Waals surface area contributed by atoms with Crippen LogP contribution in [0.15, 0.2) is 6.07 Å². The van der Waals surface area contributed by atoms with E-state index in [-0.39, 0.29) is 10.6 Å². The zero-order valence-corrected chi connectivity index (χ0v) is 12.4. The Morgan fingerprint density at radius 1 is 1.40 bits per heavy atom. The third kappa shape index (κ3) is 3.12. The number of aliphatic hydroxyl groups is 1. The summed E-state index contributed by atoms with van der Waals surface area (Å²) in [5.74, 6) is 1.40. The Balaban J connectivity index is 1.87. The number of thiophene rings is 1. The molecule has 0 radical (unpaired) electrons. The highest BCUT2D eigenvalue weighted by Crippen LogP contribution is 2.44. The van der Waals surface area contributed by atoms with Crippen LogP contribution >= 0.6 is 11.3 Å². The first-order valence-electron chi connectivity index (χ1n) is 7.25.